The molecule has 0 aliphatic carbocycles. The predicted molar refractivity (Wildman–Crippen MR) is 66.5 cm³/mol. The maximum absolute atomic E-state index is 10.7. The molecule has 0 saturated carbocycles. The van der Waals surface area contributed by atoms with E-state index in [4.69, 9.17) is 11.6 Å². The molecule has 6 heteroatoms. The van der Waals surface area contributed by atoms with Crippen molar-refractivity contribution in [1.82, 2.24) is 5.32 Å². The summed E-state index contributed by atoms with van der Waals surface area (Å²) in [5.41, 5.74) is 0.630. The molecule has 5 nitrogen and oxygen atoms in total. The lowest BCUT2D eigenvalue weighted by Gasteiger charge is -2.18. The Morgan fingerprint density at radius 1 is 1.44 bits per heavy atom. The summed E-state index contributed by atoms with van der Waals surface area (Å²) < 4.78 is 0. The normalized spacial score (nSPS) is 13.8. The Bertz CT molecular complexity index is 450. The smallest absolute Gasteiger partial charge is 0.216 e. The summed E-state index contributed by atoms with van der Waals surface area (Å²) in [5.74, 6) is -0.305. The Balaban J connectivity index is 2.82. The van der Waals surface area contributed by atoms with Crippen LogP contribution in [0.15, 0.2) is 18.2 Å². The van der Waals surface area contributed by atoms with Gasteiger partial charge in [-0.15, -0.1) is 0 Å². The first-order valence-corrected chi connectivity index (χ1v) is 5.68. The molecule has 0 saturated heterocycles. The Kier molecular flexibility index (Phi) is 5.27. The number of carbonyl (C=O) groups excluding carboxylic acids is 2. The van der Waals surface area contributed by atoms with Crippen LogP contribution in [-0.2, 0) is 4.79 Å². The van der Waals surface area contributed by atoms with E-state index in [1.54, 1.807) is 0 Å². The zero-order valence-electron chi connectivity index (χ0n) is 9.76. The van der Waals surface area contributed by atoms with E-state index in [1.165, 1.54) is 25.1 Å². The highest BCUT2D eigenvalue weighted by Gasteiger charge is 2.19. The van der Waals surface area contributed by atoms with Gasteiger partial charge in [-0.25, -0.2) is 0 Å². The maximum Gasteiger partial charge on any atom is 0.216 e. The van der Waals surface area contributed by atoms with E-state index in [0.29, 0.717) is 22.4 Å². The summed E-state index contributed by atoms with van der Waals surface area (Å²) in [4.78, 5) is 21.3. The van der Waals surface area contributed by atoms with Gasteiger partial charge in [-0.3, -0.25) is 9.59 Å². The minimum absolute atomic E-state index is 0.0839. The SMILES string of the molecule is CC(=O)NCC(O)C(O)c1cc(Cl)cc(C=O)c1. The van der Waals surface area contributed by atoms with Gasteiger partial charge in [0.2, 0.25) is 5.91 Å². The summed E-state index contributed by atoms with van der Waals surface area (Å²) in [5, 5.41) is 22.2. The van der Waals surface area contributed by atoms with Crippen molar-refractivity contribution in [3.05, 3.63) is 34.3 Å². The first kappa shape index (κ1) is 14.6. The summed E-state index contributed by atoms with van der Waals surface area (Å²) in [7, 11) is 0. The van der Waals surface area contributed by atoms with Crippen molar-refractivity contribution in [2.75, 3.05) is 6.54 Å². The number of carbonyl (C=O) groups is 2. The molecule has 0 heterocycles. The zero-order chi connectivity index (χ0) is 13.7. The van der Waals surface area contributed by atoms with Crippen LogP contribution < -0.4 is 5.32 Å². The van der Waals surface area contributed by atoms with Gasteiger partial charge in [-0.2, -0.15) is 0 Å². The number of benzene rings is 1. The summed E-state index contributed by atoms with van der Waals surface area (Å²) in [6.07, 6.45) is -1.80. The lowest BCUT2D eigenvalue weighted by Crippen LogP contribution is -2.34. The number of hydrogen-bond donors (Lipinski definition) is 3. The Morgan fingerprint density at radius 2 is 2.11 bits per heavy atom. The molecular formula is C12H14ClNO4. The lowest BCUT2D eigenvalue weighted by atomic mass is 10.0. The van der Waals surface area contributed by atoms with Crippen LogP contribution in [0.5, 0.6) is 0 Å². The Labute approximate surface area is 109 Å². The third-order valence-corrected chi connectivity index (χ3v) is 2.56. The van der Waals surface area contributed by atoms with Crippen molar-refractivity contribution in [3.8, 4) is 0 Å². The molecule has 3 N–H and O–H groups in total. The molecule has 0 aromatic heterocycles. The molecule has 2 unspecified atom stereocenters. The molecule has 18 heavy (non-hydrogen) atoms. The van der Waals surface area contributed by atoms with Crippen molar-refractivity contribution in [3.63, 3.8) is 0 Å². The number of aliphatic hydroxyl groups excluding tert-OH is 2. The van der Waals surface area contributed by atoms with E-state index in [-0.39, 0.29) is 12.5 Å². The summed E-state index contributed by atoms with van der Waals surface area (Å²) in [6.45, 7) is 1.22. The van der Waals surface area contributed by atoms with Crippen molar-refractivity contribution in [2.45, 2.75) is 19.1 Å². The van der Waals surface area contributed by atoms with Gasteiger partial charge in [0.25, 0.3) is 0 Å². The van der Waals surface area contributed by atoms with E-state index in [9.17, 15) is 19.8 Å². The number of aliphatic hydroxyl groups is 2. The highest BCUT2D eigenvalue weighted by Crippen LogP contribution is 2.22. The van der Waals surface area contributed by atoms with Gasteiger partial charge >= 0.3 is 0 Å². The van der Waals surface area contributed by atoms with Crippen molar-refractivity contribution < 1.29 is 19.8 Å². The van der Waals surface area contributed by atoms with Gasteiger partial charge in [-0.05, 0) is 23.8 Å². The number of aldehydes is 1. The highest BCUT2D eigenvalue weighted by molar-refractivity contribution is 6.30. The Hall–Kier alpha value is -1.43. The molecule has 1 rings (SSSR count). The van der Waals surface area contributed by atoms with E-state index in [1.807, 2.05) is 0 Å². The molecule has 0 spiro atoms. The second-order valence-electron chi connectivity index (χ2n) is 3.89. The number of nitrogens with one attached hydrogen (secondary N) is 1. The highest BCUT2D eigenvalue weighted by atomic mass is 35.5. The van der Waals surface area contributed by atoms with Gasteiger partial charge in [-0.1, -0.05) is 11.6 Å². The zero-order valence-corrected chi connectivity index (χ0v) is 10.5. The van der Waals surface area contributed by atoms with Gasteiger partial charge in [0.05, 0.1) is 0 Å². The molecule has 1 aromatic carbocycles. The fourth-order valence-electron chi connectivity index (χ4n) is 1.46. The molecule has 1 amide bonds. The van der Waals surface area contributed by atoms with Crippen molar-refractivity contribution >= 4 is 23.8 Å². The molecule has 1 aromatic rings. The van der Waals surface area contributed by atoms with Crippen LogP contribution in [0.25, 0.3) is 0 Å². The van der Waals surface area contributed by atoms with E-state index in [2.05, 4.69) is 5.32 Å². The number of amides is 1. The molecule has 98 valence electrons. The Morgan fingerprint density at radius 3 is 2.67 bits per heavy atom. The second kappa shape index (κ2) is 6.49. The topological polar surface area (TPSA) is 86.6 Å². The number of halogens is 1. The van der Waals surface area contributed by atoms with Crippen LogP contribution in [0.2, 0.25) is 5.02 Å². The van der Waals surface area contributed by atoms with E-state index in [0.717, 1.165) is 0 Å². The monoisotopic (exact) mass is 271 g/mol. The average molecular weight is 272 g/mol. The van der Waals surface area contributed by atoms with Crippen LogP contribution in [0, 0.1) is 0 Å². The molecule has 2 atom stereocenters. The molecule has 0 bridgehead atoms. The van der Waals surface area contributed by atoms with Gasteiger partial charge in [0, 0.05) is 24.1 Å². The maximum atomic E-state index is 10.7. The average Bonchev–Trinajstić information content (AvgIpc) is 2.34. The third kappa shape index (κ3) is 4.10. The predicted octanol–water partition coefficient (Wildman–Crippen LogP) is 0.683. The van der Waals surface area contributed by atoms with Crippen LogP contribution in [0.1, 0.15) is 28.9 Å². The van der Waals surface area contributed by atoms with Gasteiger partial charge in [0.1, 0.15) is 18.5 Å². The molecule has 0 radical (unpaired) electrons. The first-order valence-electron chi connectivity index (χ1n) is 5.30. The van der Waals surface area contributed by atoms with Crippen molar-refractivity contribution in [1.29, 1.82) is 0 Å². The van der Waals surface area contributed by atoms with E-state index < -0.39 is 12.2 Å². The summed E-state index contributed by atoms with van der Waals surface area (Å²) >= 11 is 5.78. The quantitative estimate of drug-likeness (QED) is 0.688. The van der Waals surface area contributed by atoms with Crippen LogP contribution in [-0.4, -0.2) is 35.1 Å². The number of rotatable bonds is 5. The third-order valence-electron chi connectivity index (χ3n) is 2.34. The largest absolute Gasteiger partial charge is 0.388 e. The minimum Gasteiger partial charge on any atom is -0.388 e. The van der Waals surface area contributed by atoms with E-state index >= 15 is 0 Å². The summed E-state index contributed by atoms with van der Waals surface area (Å²) in [6, 6.07) is 4.34. The van der Waals surface area contributed by atoms with Crippen LogP contribution in [0.4, 0.5) is 0 Å². The fourth-order valence-corrected chi connectivity index (χ4v) is 1.71. The molecule has 0 aliphatic rings. The standard InChI is InChI=1S/C12H14ClNO4/c1-7(16)14-5-11(17)12(18)9-2-8(6-15)3-10(13)4-9/h2-4,6,11-12,17-18H,5H2,1H3,(H,14,16). The first-order chi connectivity index (χ1) is 8.43. The second-order valence-corrected chi connectivity index (χ2v) is 4.32. The van der Waals surface area contributed by atoms with Crippen molar-refractivity contribution in [2.24, 2.45) is 0 Å². The van der Waals surface area contributed by atoms with Crippen LogP contribution >= 0.6 is 11.6 Å². The molecular weight excluding hydrogens is 258 g/mol. The lowest BCUT2D eigenvalue weighted by molar-refractivity contribution is -0.119. The molecule has 0 aliphatic heterocycles. The fraction of sp³-hybridized carbons (Fsp3) is 0.333. The minimum atomic E-state index is -1.23. The number of hydrogen-bond acceptors (Lipinski definition) is 4. The van der Waals surface area contributed by atoms with Gasteiger partial charge in [0.15, 0.2) is 0 Å². The van der Waals surface area contributed by atoms with Crippen LogP contribution in [0.3, 0.4) is 0 Å². The molecule has 0 fully saturated rings. The van der Waals surface area contributed by atoms with Gasteiger partial charge < -0.3 is 15.5 Å².